The average Bonchev–Trinajstić information content (AvgIpc) is 2.50. The van der Waals surface area contributed by atoms with Gasteiger partial charge in [0.15, 0.2) is 0 Å². The van der Waals surface area contributed by atoms with Crippen molar-refractivity contribution in [2.24, 2.45) is 0 Å². The molecule has 0 unspecified atom stereocenters. The van der Waals surface area contributed by atoms with Gasteiger partial charge in [0.1, 0.15) is 6.54 Å². The van der Waals surface area contributed by atoms with Crippen LogP contribution in [-0.2, 0) is 15.5 Å². The summed E-state index contributed by atoms with van der Waals surface area (Å²) >= 11 is 0. The van der Waals surface area contributed by atoms with E-state index in [4.69, 9.17) is 5.11 Å². The summed E-state index contributed by atoms with van der Waals surface area (Å²) in [4.78, 5) is 32.0. The molecule has 1 aliphatic rings. The number of benzene rings is 1. The van der Waals surface area contributed by atoms with Crippen molar-refractivity contribution in [2.75, 3.05) is 11.4 Å². The fourth-order valence-corrected chi connectivity index (χ4v) is 1.81. The second-order valence-electron chi connectivity index (χ2n) is 3.82. The monoisotopic (exact) mass is 272 g/mol. The molecule has 19 heavy (non-hydrogen) atoms. The number of anilines is 1. The molecule has 1 aromatic rings. The number of aliphatic carboxylic acids is 1. The highest BCUT2D eigenvalue weighted by Crippen LogP contribution is 2.45. The van der Waals surface area contributed by atoms with E-state index in [0.29, 0.717) is 11.0 Å². The number of rotatable bonds is 3. The van der Waals surface area contributed by atoms with Crippen molar-refractivity contribution in [1.29, 1.82) is 0 Å². The Balaban J connectivity index is 2.57. The van der Waals surface area contributed by atoms with E-state index in [1.54, 1.807) is 0 Å². The Labute approximate surface area is 104 Å². The lowest BCUT2D eigenvalue weighted by Crippen LogP contribution is -2.37. The third-order valence-corrected chi connectivity index (χ3v) is 2.63. The lowest BCUT2D eigenvalue weighted by atomic mass is 10.1. The van der Waals surface area contributed by atoms with Crippen molar-refractivity contribution >= 4 is 23.3 Å². The molecule has 7 nitrogen and oxygen atoms in total. The number of carboxylic acids is 1. The molecule has 1 amide bonds. The molecule has 0 spiro atoms. The molecule has 0 bridgehead atoms. The zero-order valence-corrected chi connectivity index (χ0v) is 9.17. The number of halogens is 2. The number of nitrogens with zero attached hydrogens (tertiary/aromatic N) is 2. The summed E-state index contributed by atoms with van der Waals surface area (Å²) in [5.41, 5.74) is -1.78. The van der Waals surface area contributed by atoms with Crippen LogP contribution in [0.3, 0.4) is 0 Å². The van der Waals surface area contributed by atoms with Crippen molar-refractivity contribution in [1.82, 2.24) is 0 Å². The number of carbonyl (C=O) groups excluding carboxylic acids is 1. The van der Waals surface area contributed by atoms with Crippen LogP contribution in [-0.4, -0.2) is 28.5 Å². The Hall–Kier alpha value is -2.58. The maximum Gasteiger partial charge on any atom is 0.352 e. The van der Waals surface area contributed by atoms with Crippen LogP contribution in [0.25, 0.3) is 0 Å². The third kappa shape index (κ3) is 1.88. The number of carboxylic acid groups (broad SMARTS) is 1. The highest BCUT2D eigenvalue weighted by molar-refractivity contribution is 6.08. The molecule has 9 heteroatoms. The Bertz CT molecular complexity index is 602. The summed E-state index contributed by atoms with van der Waals surface area (Å²) in [7, 11) is 0. The van der Waals surface area contributed by atoms with E-state index in [1.807, 2.05) is 0 Å². The van der Waals surface area contributed by atoms with Gasteiger partial charge in [0.05, 0.1) is 16.2 Å². The van der Waals surface area contributed by atoms with Gasteiger partial charge in [-0.15, -0.1) is 0 Å². The molecular formula is C10H6F2N2O5. The molecular weight excluding hydrogens is 266 g/mol. The van der Waals surface area contributed by atoms with E-state index in [2.05, 4.69) is 0 Å². The first-order valence-corrected chi connectivity index (χ1v) is 4.95. The van der Waals surface area contributed by atoms with Crippen LogP contribution in [0.15, 0.2) is 18.2 Å². The molecule has 100 valence electrons. The minimum Gasteiger partial charge on any atom is -0.480 e. The molecule has 0 aromatic heterocycles. The van der Waals surface area contributed by atoms with E-state index in [1.165, 1.54) is 0 Å². The molecule has 0 aliphatic carbocycles. The summed E-state index contributed by atoms with van der Waals surface area (Å²) in [6.07, 6.45) is 0. The summed E-state index contributed by atoms with van der Waals surface area (Å²) < 4.78 is 27.3. The van der Waals surface area contributed by atoms with E-state index < -0.39 is 40.5 Å². The van der Waals surface area contributed by atoms with Crippen LogP contribution in [0.1, 0.15) is 5.56 Å². The number of non-ortho nitro benzene ring substituents is 1. The number of amides is 1. The minimum atomic E-state index is -3.96. The molecule has 1 N–H and O–H groups in total. The first kappa shape index (κ1) is 12.9. The van der Waals surface area contributed by atoms with Gasteiger partial charge in [-0.05, 0) is 6.07 Å². The maximum absolute atomic E-state index is 13.7. The number of nitro groups is 1. The minimum absolute atomic E-state index is 0.331. The average molecular weight is 272 g/mol. The van der Waals surface area contributed by atoms with Crippen LogP contribution in [0.5, 0.6) is 0 Å². The van der Waals surface area contributed by atoms with Gasteiger partial charge in [0.2, 0.25) is 0 Å². The fraction of sp³-hybridized carbons (Fsp3) is 0.200. The second kappa shape index (κ2) is 3.97. The van der Waals surface area contributed by atoms with E-state index in [0.717, 1.165) is 12.1 Å². The van der Waals surface area contributed by atoms with Gasteiger partial charge in [-0.25, -0.2) is 0 Å². The summed E-state index contributed by atoms with van der Waals surface area (Å²) in [6, 6.07) is 2.45. The molecule has 0 saturated heterocycles. The van der Waals surface area contributed by atoms with Gasteiger partial charge in [0, 0.05) is 12.1 Å². The molecule has 0 atom stereocenters. The van der Waals surface area contributed by atoms with Gasteiger partial charge in [0.25, 0.3) is 5.69 Å². The lowest BCUT2D eigenvalue weighted by molar-refractivity contribution is -0.385. The highest BCUT2D eigenvalue weighted by atomic mass is 19.3. The van der Waals surface area contributed by atoms with Gasteiger partial charge in [-0.1, -0.05) is 0 Å². The number of hydrogen-bond donors (Lipinski definition) is 1. The third-order valence-electron chi connectivity index (χ3n) is 2.63. The van der Waals surface area contributed by atoms with Crippen LogP contribution in [0, 0.1) is 10.1 Å². The molecule has 0 radical (unpaired) electrons. The summed E-state index contributed by atoms with van der Waals surface area (Å²) in [5.74, 6) is -7.13. The van der Waals surface area contributed by atoms with Gasteiger partial charge in [-0.3, -0.25) is 24.6 Å². The van der Waals surface area contributed by atoms with Gasteiger partial charge >= 0.3 is 17.8 Å². The number of nitro benzene ring substituents is 1. The van der Waals surface area contributed by atoms with Crippen LogP contribution < -0.4 is 4.90 Å². The van der Waals surface area contributed by atoms with E-state index >= 15 is 0 Å². The number of carbonyl (C=O) groups is 2. The van der Waals surface area contributed by atoms with Gasteiger partial charge in [-0.2, -0.15) is 8.78 Å². The molecule has 0 saturated carbocycles. The van der Waals surface area contributed by atoms with Crippen molar-refractivity contribution < 1.29 is 28.4 Å². The zero-order valence-electron chi connectivity index (χ0n) is 9.17. The zero-order chi connectivity index (χ0) is 14.4. The summed E-state index contributed by atoms with van der Waals surface area (Å²) in [6.45, 7) is -0.931. The predicted molar refractivity (Wildman–Crippen MR) is 57.0 cm³/mol. The van der Waals surface area contributed by atoms with Crippen molar-refractivity contribution in [3.8, 4) is 0 Å². The van der Waals surface area contributed by atoms with Crippen LogP contribution in [0.2, 0.25) is 0 Å². The van der Waals surface area contributed by atoms with Gasteiger partial charge < -0.3 is 5.11 Å². The molecule has 1 heterocycles. The number of alkyl halides is 2. The van der Waals surface area contributed by atoms with Crippen LogP contribution in [0.4, 0.5) is 20.2 Å². The van der Waals surface area contributed by atoms with Crippen molar-refractivity contribution in [2.45, 2.75) is 5.92 Å². The predicted octanol–water partition coefficient (Wildman–Crippen LogP) is 1.12. The first-order valence-electron chi connectivity index (χ1n) is 4.95. The van der Waals surface area contributed by atoms with E-state index in [9.17, 15) is 28.5 Å². The van der Waals surface area contributed by atoms with Crippen molar-refractivity contribution in [3.05, 3.63) is 33.9 Å². The SMILES string of the molecule is O=C(O)CN1C(=O)C(F)(F)c2cc([N+](=O)[O-])ccc21. The lowest BCUT2D eigenvalue weighted by Gasteiger charge is -2.14. The molecule has 1 aromatic carbocycles. The largest absolute Gasteiger partial charge is 0.480 e. The molecule has 0 fully saturated rings. The number of fused-ring (bicyclic) bond motifs is 1. The normalized spacial score (nSPS) is 16.3. The smallest absolute Gasteiger partial charge is 0.352 e. The topological polar surface area (TPSA) is 101 Å². The quantitative estimate of drug-likeness (QED) is 0.656. The fourth-order valence-electron chi connectivity index (χ4n) is 1.81. The second-order valence-corrected chi connectivity index (χ2v) is 3.82. The summed E-state index contributed by atoms with van der Waals surface area (Å²) in [5, 5.41) is 19.1. The Kier molecular flexibility index (Phi) is 2.69. The molecule has 1 aliphatic heterocycles. The first-order chi connectivity index (χ1) is 8.75. The maximum atomic E-state index is 13.7. The Morgan fingerprint density at radius 2 is 2.11 bits per heavy atom. The van der Waals surface area contributed by atoms with Crippen LogP contribution >= 0.6 is 0 Å². The number of hydrogen-bond acceptors (Lipinski definition) is 4. The van der Waals surface area contributed by atoms with E-state index in [-0.39, 0.29) is 5.69 Å². The van der Waals surface area contributed by atoms with Crippen molar-refractivity contribution in [3.63, 3.8) is 0 Å². The Morgan fingerprint density at radius 1 is 1.47 bits per heavy atom. The standard InChI is InChI=1S/C10H6F2N2O5/c11-10(12)6-3-5(14(18)19)1-2-7(6)13(9(10)17)4-8(15)16/h1-3H,4H2,(H,15,16). The highest BCUT2D eigenvalue weighted by Gasteiger charge is 2.53. The Morgan fingerprint density at radius 3 is 2.63 bits per heavy atom. The molecule has 2 rings (SSSR count).